The Morgan fingerprint density at radius 1 is 1.19 bits per heavy atom. The Morgan fingerprint density at radius 2 is 1.86 bits per heavy atom. The predicted molar refractivity (Wildman–Crippen MR) is 138 cm³/mol. The van der Waals surface area contributed by atoms with Crippen molar-refractivity contribution in [3.8, 4) is 0 Å². The fraction of sp³-hybridized carbons (Fsp3) is 0.852. The summed E-state index contributed by atoms with van der Waals surface area (Å²) in [4.78, 5) is 29.8. The molecule has 0 aromatic carbocycles. The predicted octanol–water partition coefficient (Wildman–Crippen LogP) is 2.83. The highest BCUT2D eigenvalue weighted by Gasteiger charge is 2.72. The first-order chi connectivity index (χ1) is 16.8. The molecule has 0 aromatic heterocycles. The molecule has 3 aliphatic rings. The van der Waals surface area contributed by atoms with E-state index < -0.39 is 23.8 Å². The SMILES string of the molecule is COC1[C@H](OC(=O)N[C@@H](C(=O)N(C)CCN(C)C)C(C)C)CC[C@]2(CO2)[C@H]1[C@@]1(C)O[C@@H]1CC=C(C)C. The van der Waals surface area contributed by atoms with E-state index in [1.165, 1.54) is 5.57 Å². The Morgan fingerprint density at radius 3 is 2.39 bits per heavy atom. The molecule has 36 heavy (non-hydrogen) atoms. The standard InChI is InChI=1S/C27H47N3O6/c1-17(2)10-11-20-26(5,36-20)23-22(33-9)19(12-13-27(23)16-34-27)35-25(32)28-21(18(3)4)24(31)30(8)15-14-29(6)7/h10,18-23H,11-16H2,1-9H3,(H,28,32)/t19-,20-,21-,22?,23-,26+,27+/m1/s1. The number of methoxy groups -OCH3 is 1. The van der Waals surface area contributed by atoms with E-state index in [1.807, 2.05) is 32.8 Å². The molecule has 9 nitrogen and oxygen atoms in total. The lowest BCUT2D eigenvalue weighted by Gasteiger charge is -2.42. The van der Waals surface area contributed by atoms with Crippen LogP contribution in [0.1, 0.15) is 53.9 Å². The molecule has 2 amide bonds. The van der Waals surface area contributed by atoms with Crippen LogP contribution in [0, 0.1) is 11.8 Å². The summed E-state index contributed by atoms with van der Waals surface area (Å²) in [7, 11) is 7.35. The third-order valence-corrected chi connectivity index (χ3v) is 7.96. The molecule has 3 rings (SSSR count). The fourth-order valence-electron chi connectivity index (χ4n) is 5.58. The minimum absolute atomic E-state index is 0.0446. The zero-order chi connectivity index (χ0) is 26.8. The molecule has 0 aromatic rings. The number of nitrogens with zero attached hydrogens (tertiary/aromatic N) is 2. The smallest absolute Gasteiger partial charge is 0.408 e. The molecule has 1 aliphatic carbocycles. The maximum atomic E-state index is 13.1. The number of alkyl carbamates (subject to hydrolysis) is 1. The zero-order valence-corrected chi connectivity index (χ0v) is 23.6. The number of nitrogens with one attached hydrogen (secondary N) is 1. The molecule has 3 fully saturated rings. The van der Waals surface area contributed by atoms with Crippen LogP contribution in [0.25, 0.3) is 0 Å². The molecule has 2 heterocycles. The Kier molecular flexibility index (Phi) is 9.13. The van der Waals surface area contributed by atoms with Gasteiger partial charge in [0.1, 0.15) is 29.5 Å². The number of carbonyl (C=O) groups excluding carboxylic acids is 2. The van der Waals surface area contributed by atoms with Gasteiger partial charge in [-0.1, -0.05) is 25.5 Å². The highest BCUT2D eigenvalue weighted by molar-refractivity contribution is 5.85. The monoisotopic (exact) mass is 509 g/mol. The molecule has 206 valence electrons. The van der Waals surface area contributed by atoms with Gasteiger partial charge in [-0.3, -0.25) is 4.79 Å². The van der Waals surface area contributed by atoms with E-state index in [9.17, 15) is 9.59 Å². The van der Waals surface area contributed by atoms with Gasteiger partial charge in [-0.25, -0.2) is 4.79 Å². The van der Waals surface area contributed by atoms with Crippen molar-refractivity contribution in [2.75, 3.05) is 47.9 Å². The van der Waals surface area contributed by atoms with Gasteiger partial charge in [0, 0.05) is 27.2 Å². The number of ether oxygens (including phenoxy) is 4. The molecule has 1 saturated carbocycles. The molecule has 1 N–H and O–H groups in total. The molecule has 9 heteroatoms. The number of amides is 2. The van der Waals surface area contributed by atoms with Gasteiger partial charge in [-0.2, -0.15) is 0 Å². The van der Waals surface area contributed by atoms with Crippen LogP contribution in [-0.4, -0.2) is 105 Å². The van der Waals surface area contributed by atoms with E-state index in [0.29, 0.717) is 19.6 Å². The molecule has 0 bridgehead atoms. The summed E-state index contributed by atoms with van der Waals surface area (Å²) in [6.07, 6.45) is 3.14. The lowest BCUT2D eigenvalue weighted by atomic mass is 9.68. The van der Waals surface area contributed by atoms with Crippen molar-refractivity contribution in [1.82, 2.24) is 15.1 Å². The van der Waals surface area contributed by atoms with E-state index in [-0.39, 0.29) is 35.6 Å². The average molecular weight is 510 g/mol. The van der Waals surface area contributed by atoms with Crippen LogP contribution in [0.2, 0.25) is 0 Å². The molecule has 2 aliphatic heterocycles. The van der Waals surface area contributed by atoms with Gasteiger partial charge in [0.15, 0.2) is 0 Å². The average Bonchev–Trinajstić information content (AvgIpc) is 3.72. The minimum Gasteiger partial charge on any atom is -0.443 e. The van der Waals surface area contributed by atoms with Crippen molar-refractivity contribution < 1.29 is 28.5 Å². The Hall–Kier alpha value is -1.68. The molecule has 2 saturated heterocycles. The Balaban J connectivity index is 1.67. The second-order valence-corrected chi connectivity index (χ2v) is 11.8. The summed E-state index contributed by atoms with van der Waals surface area (Å²) >= 11 is 0. The van der Waals surface area contributed by atoms with Crippen LogP contribution in [0.4, 0.5) is 4.79 Å². The normalized spacial score (nSPS) is 33.9. The van der Waals surface area contributed by atoms with Gasteiger partial charge in [0.2, 0.25) is 5.91 Å². The largest absolute Gasteiger partial charge is 0.443 e. The van der Waals surface area contributed by atoms with E-state index in [1.54, 1.807) is 19.1 Å². The topological polar surface area (TPSA) is 96.2 Å². The van der Waals surface area contributed by atoms with Crippen LogP contribution in [0.15, 0.2) is 11.6 Å². The Labute approximate surface area is 216 Å². The minimum atomic E-state index is -0.666. The maximum Gasteiger partial charge on any atom is 0.408 e. The summed E-state index contributed by atoms with van der Waals surface area (Å²) in [5, 5.41) is 2.83. The summed E-state index contributed by atoms with van der Waals surface area (Å²) in [6.45, 7) is 12.1. The molecule has 1 spiro atoms. The maximum absolute atomic E-state index is 13.1. The van der Waals surface area contributed by atoms with Gasteiger partial charge in [0.25, 0.3) is 0 Å². The second-order valence-electron chi connectivity index (χ2n) is 11.8. The van der Waals surface area contributed by atoms with E-state index >= 15 is 0 Å². The van der Waals surface area contributed by atoms with Gasteiger partial charge in [0.05, 0.1) is 18.6 Å². The second kappa shape index (κ2) is 11.4. The van der Waals surface area contributed by atoms with Crippen LogP contribution in [0.3, 0.4) is 0 Å². The van der Waals surface area contributed by atoms with Crippen molar-refractivity contribution in [2.45, 2.75) is 89.4 Å². The van der Waals surface area contributed by atoms with Crippen molar-refractivity contribution in [3.63, 3.8) is 0 Å². The highest BCUT2D eigenvalue weighted by Crippen LogP contribution is 2.59. The van der Waals surface area contributed by atoms with Crippen LogP contribution < -0.4 is 5.32 Å². The molecule has 7 atom stereocenters. The third kappa shape index (κ3) is 6.41. The number of likely N-dealkylation sites (N-methyl/N-ethyl adjacent to an activating group) is 2. The quantitative estimate of drug-likeness (QED) is 0.338. The number of epoxide rings is 2. The number of allylic oxidation sites excluding steroid dienone is 1. The first-order valence-corrected chi connectivity index (χ1v) is 13.2. The van der Waals surface area contributed by atoms with Crippen molar-refractivity contribution >= 4 is 12.0 Å². The summed E-state index contributed by atoms with van der Waals surface area (Å²) in [5.41, 5.74) is 0.584. The molecular formula is C27H47N3O6. The first kappa shape index (κ1) is 28.9. The highest BCUT2D eigenvalue weighted by atomic mass is 16.6. The van der Waals surface area contributed by atoms with Gasteiger partial charge in [-0.05, 0) is 60.0 Å². The third-order valence-electron chi connectivity index (χ3n) is 7.96. The van der Waals surface area contributed by atoms with Crippen molar-refractivity contribution in [2.24, 2.45) is 11.8 Å². The number of hydrogen-bond donors (Lipinski definition) is 1. The van der Waals surface area contributed by atoms with E-state index in [2.05, 4.69) is 32.2 Å². The van der Waals surface area contributed by atoms with Crippen molar-refractivity contribution in [3.05, 3.63) is 11.6 Å². The summed E-state index contributed by atoms with van der Waals surface area (Å²) < 4.78 is 24.1. The molecule has 0 radical (unpaired) electrons. The molecule has 1 unspecified atom stereocenters. The first-order valence-electron chi connectivity index (χ1n) is 13.2. The number of carbonyl (C=O) groups is 2. The zero-order valence-electron chi connectivity index (χ0n) is 23.6. The number of rotatable bonds is 11. The number of hydrogen-bond acceptors (Lipinski definition) is 7. The van der Waals surface area contributed by atoms with Crippen LogP contribution >= 0.6 is 0 Å². The van der Waals surface area contributed by atoms with E-state index in [4.69, 9.17) is 18.9 Å². The summed E-state index contributed by atoms with van der Waals surface area (Å²) in [5.74, 6) is -0.251. The summed E-state index contributed by atoms with van der Waals surface area (Å²) in [6, 6.07) is -0.666. The fourth-order valence-corrected chi connectivity index (χ4v) is 5.58. The van der Waals surface area contributed by atoms with E-state index in [0.717, 1.165) is 19.4 Å². The Bertz CT molecular complexity index is 822. The lowest BCUT2D eigenvalue weighted by molar-refractivity contribution is -0.134. The van der Waals surface area contributed by atoms with Gasteiger partial charge < -0.3 is 34.1 Å². The van der Waals surface area contributed by atoms with Gasteiger partial charge >= 0.3 is 6.09 Å². The van der Waals surface area contributed by atoms with Gasteiger partial charge in [-0.15, -0.1) is 0 Å². The van der Waals surface area contributed by atoms with Crippen LogP contribution in [-0.2, 0) is 23.7 Å². The van der Waals surface area contributed by atoms with Crippen LogP contribution in [0.5, 0.6) is 0 Å². The lowest BCUT2D eigenvalue weighted by Crippen LogP contribution is -2.57. The van der Waals surface area contributed by atoms with Crippen molar-refractivity contribution in [1.29, 1.82) is 0 Å². The molecular weight excluding hydrogens is 462 g/mol.